The van der Waals surface area contributed by atoms with Crippen molar-refractivity contribution in [2.24, 2.45) is 0 Å². The van der Waals surface area contributed by atoms with E-state index >= 15 is 0 Å². The van der Waals surface area contributed by atoms with Gasteiger partial charge in [0.15, 0.2) is 23.0 Å². The number of nitrogens with one attached hydrogen (secondary N) is 2. The van der Waals surface area contributed by atoms with Crippen LogP contribution in [0.4, 0.5) is 0 Å². The number of rotatable bonds is 4. The Labute approximate surface area is 168 Å². The van der Waals surface area contributed by atoms with Crippen molar-refractivity contribution in [3.63, 3.8) is 0 Å². The first-order valence-electron chi connectivity index (χ1n) is 9.53. The van der Waals surface area contributed by atoms with Crippen LogP contribution < -0.4 is 34.1 Å². The summed E-state index contributed by atoms with van der Waals surface area (Å²) in [5.74, 6) is 3.42. The van der Waals surface area contributed by atoms with Gasteiger partial charge in [0.25, 0.3) is 0 Å². The van der Waals surface area contributed by atoms with Crippen LogP contribution in [0.25, 0.3) is 5.70 Å². The summed E-state index contributed by atoms with van der Waals surface area (Å²) in [6.45, 7) is 1.34. The molecular weight excluding hydrogens is 376 g/mol. The molecule has 2 aromatic carbocycles. The van der Waals surface area contributed by atoms with Crippen LogP contribution in [0.15, 0.2) is 30.3 Å². The maximum Gasteiger partial charge on any atom is 0.231 e. The third kappa shape index (κ3) is 2.92. The summed E-state index contributed by atoms with van der Waals surface area (Å²) in [6, 6.07) is 7.57. The van der Waals surface area contributed by atoms with Crippen LogP contribution >= 0.6 is 0 Å². The fraction of sp³-hybridized carbons (Fsp3) is 0.333. The smallest absolute Gasteiger partial charge is 0.231 e. The fourth-order valence-electron chi connectivity index (χ4n) is 4.22. The number of benzene rings is 2. The topological polar surface area (TPSA) is 82.9 Å². The molecule has 8 nitrogen and oxygen atoms in total. The van der Waals surface area contributed by atoms with E-state index in [1.165, 1.54) is 10.5 Å². The largest absolute Gasteiger partial charge is 0.492 e. The Bertz CT molecular complexity index is 990. The second kappa shape index (κ2) is 7.06. The highest BCUT2D eigenvalue weighted by molar-refractivity contribution is 5.69. The van der Waals surface area contributed by atoms with E-state index in [1.54, 1.807) is 7.11 Å². The van der Waals surface area contributed by atoms with Gasteiger partial charge in [0.2, 0.25) is 19.3 Å². The molecule has 152 valence electrons. The number of hydroxylamine groups is 1. The van der Waals surface area contributed by atoms with Crippen LogP contribution in [0.2, 0.25) is 0 Å². The number of likely N-dealkylation sites (N-methyl/N-ethyl adjacent to an activating group) is 1. The molecule has 2 aromatic rings. The molecule has 0 fully saturated rings. The molecule has 3 aliphatic rings. The molecule has 29 heavy (non-hydrogen) atoms. The van der Waals surface area contributed by atoms with E-state index in [1.807, 2.05) is 30.3 Å². The van der Waals surface area contributed by atoms with E-state index in [4.69, 9.17) is 23.7 Å². The molecule has 0 saturated heterocycles. The predicted octanol–water partition coefficient (Wildman–Crippen LogP) is 1.28. The van der Waals surface area contributed by atoms with Gasteiger partial charge in [-0.2, -0.15) is 0 Å². The lowest BCUT2D eigenvalue weighted by molar-refractivity contribution is -0.907. The summed E-state index contributed by atoms with van der Waals surface area (Å²) >= 11 is 0. The van der Waals surface area contributed by atoms with Crippen molar-refractivity contribution in [3.8, 4) is 28.7 Å². The minimum atomic E-state index is -0.0525. The third-order valence-corrected chi connectivity index (χ3v) is 5.72. The number of ether oxygens (including phenoxy) is 5. The van der Waals surface area contributed by atoms with Crippen molar-refractivity contribution in [2.75, 3.05) is 34.3 Å². The average Bonchev–Trinajstić information content (AvgIpc) is 3.40. The van der Waals surface area contributed by atoms with Gasteiger partial charge in [-0.1, -0.05) is 0 Å². The normalized spacial score (nSPS) is 21.7. The maximum atomic E-state index is 9.90. The molecule has 0 aliphatic carbocycles. The Morgan fingerprint density at radius 1 is 1.14 bits per heavy atom. The lowest BCUT2D eigenvalue weighted by Gasteiger charge is -2.31. The minimum absolute atomic E-state index is 0.0525. The average molecular weight is 399 g/mol. The van der Waals surface area contributed by atoms with Crippen molar-refractivity contribution in [2.45, 2.75) is 12.5 Å². The summed E-state index contributed by atoms with van der Waals surface area (Å²) in [6.07, 6.45) is 2.92. The molecule has 0 aromatic heterocycles. The molecule has 1 unspecified atom stereocenters. The van der Waals surface area contributed by atoms with Crippen LogP contribution in [0.5, 0.6) is 28.7 Å². The van der Waals surface area contributed by atoms with Crippen molar-refractivity contribution in [1.29, 1.82) is 0 Å². The monoisotopic (exact) mass is 399 g/mol. The first-order valence-corrected chi connectivity index (χ1v) is 9.53. The quantitative estimate of drug-likeness (QED) is 0.668. The van der Waals surface area contributed by atoms with E-state index in [9.17, 15) is 5.21 Å². The number of hydrogen-bond donors (Lipinski definition) is 3. The molecule has 3 N–H and O–H groups in total. The summed E-state index contributed by atoms with van der Waals surface area (Å²) in [7, 11) is 3.77. The van der Waals surface area contributed by atoms with Crippen molar-refractivity contribution in [3.05, 3.63) is 47.0 Å². The first-order chi connectivity index (χ1) is 14.2. The van der Waals surface area contributed by atoms with Gasteiger partial charge < -0.3 is 28.6 Å². The second-order valence-corrected chi connectivity index (χ2v) is 7.30. The van der Waals surface area contributed by atoms with Gasteiger partial charge in [-0.25, -0.2) is 0 Å². The lowest BCUT2D eigenvalue weighted by Crippen LogP contribution is -3.10. The van der Waals surface area contributed by atoms with Gasteiger partial charge in [-0.05, 0) is 29.8 Å². The van der Waals surface area contributed by atoms with E-state index < -0.39 is 0 Å². The highest BCUT2D eigenvalue weighted by Gasteiger charge is 2.36. The molecule has 8 heteroatoms. The number of quaternary nitrogens is 1. The summed E-state index contributed by atoms with van der Waals surface area (Å²) < 4.78 is 27.8. The molecule has 0 bridgehead atoms. The Morgan fingerprint density at radius 3 is 2.76 bits per heavy atom. The molecule has 0 radical (unpaired) electrons. The molecule has 0 spiro atoms. The van der Waals surface area contributed by atoms with Crippen molar-refractivity contribution >= 4 is 5.70 Å². The Hall–Kier alpha value is -3.10. The van der Waals surface area contributed by atoms with Crippen LogP contribution in [-0.2, 0) is 6.42 Å². The van der Waals surface area contributed by atoms with Gasteiger partial charge in [0, 0.05) is 18.1 Å². The highest BCUT2D eigenvalue weighted by atomic mass is 16.7. The molecule has 2 atom stereocenters. The van der Waals surface area contributed by atoms with Crippen LogP contribution in [0.3, 0.4) is 0 Å². The second-order valence-electron chi connectivity index (χ2n) is 7.30. The zero-order valence-electron chi connectivity index (χ0n) is 16.3. The number of fused-ring (bicyclic) bond motifs is 3. The van der Waals surface area contributed by atoms with Gasteiger partial charge >= 0.3 is 0 Å². The summed E-state index contributed by atoms with van der Waals surface area (Å²) in [5.41, 5.74) is 5.96. The molecule has 5 rings (SSSR count). The first kappa shape index (κ1) is 18.0. The number of methoxy groups -OCH3 is 1. The summed E-state index contributed by atoms with van der Waals surface area (Å²) in [4.78, 5) is 1.28. The van der Waals surface area contributed by atoms with Gasteiger partial charge in [-0.15, -0.1) is 0 Å². The Morgan fingerprint density at radius 2 is 1.93 bits per heavy atom. The zero-order valence-corrected chi connectivity index (χ0v) is 16.3. The summed E-state index contributed by atoms with van der Waals surface area (Å²) in [5, 5.41) is 9.90. The van der Waals surface area contributed by atoms with E-state index in [0.29, 0.717) is 28.7 Å². The SMILES string of the molecule is COc1c2c(cc3c1[C@H](/C=C(/NO)c1ccc4c(c1)OCO4)[NH+](C)CC3)OCO2. The highest BCUT2D eigenvalue weighted by Crippen LogP contribution is 2.47. The maximum absolute atomic E-state index is 9.90. The van der Waals surface area contributed by atoms with Crippen LogP contribution in [-0.4, -0.2) is 39.5 Å². The zero-order chi connectivity index (χ0) is 20.0. The fourth-order valence-corrected chi connectivity index (χ4v) is 4.22. The van der Waals surface area contributed by atoms with Gasteiger partial charge in [0.05, 0.1) is 32.0 Å². The van der Waals surface area contributed by atoms with Gasteiger partial charge in [-0.3, -0.25) is 10.7 Å². The molecule has 3 aliphatic heterocycles. The van der Waals surface area contributed by atoms with E-state index in [2.05, 4.69) is 12.5 Å². The van der Waals surface area contributed by atoms with Gasteiger partial charge in [0.1, 0.15) is 6.04 Å². The van der Waals surface area contributed by atoms with Crippen LogP contribution in [0.1, 0.15) is 22.7 Å². The number of hydrogen-bond acceptors (Lipinski definition) is 7. The van der Waals surface area contributed by atoms with Crippen LogP contribution in [0, 0.1) is 0 Å². The third-order valence-electron chi connectivity index (χ3n) is 5.72. The molecule has 0 amide bonds. The molecule has 3 heterocycles. The van der Waals surface area contributed by atoms with E-state index in [-0.39, 0.29) is 19.6 Å². The molecular formula is C21H23N2O6+. The standard InChI is InChI=1S/C21H22N2O6/c1-23-6-5-13-8-18-20(29-11-28-18)21(25-2)19(13)15(23)9-14(22-24)12-3-4-16-17(7-12)27-10-26-16/h3-4,7-9,15,22,24H,5-6,10-11H2,1-2H3/p+1/b14-9+/t15-/m0/s1. The lowest BCUT2D eigenvalue weighted by atomic mass is 9.90. The Balaban J connectivity index is 1.61. The Kier molecular flexibility index (Phi) is 4.37. The predicted molar refractivity (Wildman–Crippen MR) is 103 cm³/mol. The minimum Gasteiger partial charge on any atom is -0.492 e. The molecule has 0 saturated carbocycles. The van der Waals surface area contributed by atoms with Crippen molar-refractivity contribution in [1.82, 2.24) is 5.48 Å². The van der Waals surface area contributed by atoms with Crippen molar-refractivity contribution < 1.29 is 33.8 Å². The van der Waals surface area contributed by atoms with E-state index in [0.717, 1.165) is 29.8 Å².